The Morgan fingerprint density at radius 2 is 1.66 bits per heavy atom. The quantitative estimate of drug-likeness (QED) is 0.515. The lowest BCUT2D eigenvalue weighted by Crippen LogP contribution is -2.34. The number of anilines is 1. The molecule has 172 valence electrons. The van der Waals surface area contributed by atoms with Gasteiger partial charge in [-0.15, -0.1) is 24.8 Å². The van der Waals surface area contributed by atoms with E-state index in [1.54, 1.807) is 48.8 Å². The summed E-state index contributed by atoms with van der Waals surface area (Å²) in [5.74, 6) is -1.11. The average molecular weight is 501 g/mol. The minimum atomic E-state index is -4.02. The van der Waals surface area contributed by atoms with Crippen molar-refractivity contribution in [3.8, 4) is 0 Å². The molecule has 3 N–H and O–H groups in total. The van der Waals surface area contributed by atoms with Gasteiger partial charge < -0.3 is 11.1 Å². The number of carbonyl (C=O) groups is 1. The maximum absolute atomic E-state index is 13.9. The van der Waals surface area contributed by atoms with Crippen LogP contribution in [0.1, 0.15) is 22.0 Å². The number of sulfonamides is 1. The van der Waals surface area contributed by atoms with Gasteiger partial charge in [0.1, 0.15) is 10.7 Å². The normalized spacial score (nSPS) is 11.8. The van der Waals surface area contributed by atoms with Gasteiger partial charge in [-0.2, -0.15) is 4.31 Å². The van der Waals surface area contributed by atoms with E-state index in [9.17, 15) is 17.6 Å². The van der Waals surface area contributed by atoms with E-state index in [1.165, 1.54) is 25.2 Å². The van der Waals surface area contributed by atoms with E-state index < -0.39 is 26.8 Å². The first-order chi connectivity index (χ1) is 14.3. The number of aromatic nitrogens is 1. The molecule has 0 fully saturated rings. The maximum atomic E-state index is 13.9. The molecule has 0 spiro atoms. The minimum Gasteiger partial charge on any atom is -0.323 e. The third-order valence-electron chi connectivity index (χ3n) is 4.52. The molecule has 2 aromatic carbocycles. The zero-order valence-electron chi connectivity index (χ0n) is 17.0. The van der Waals surface area contributed by atoms with Crippen molar-refractivity contribution < 1.29 is 17.6 Å². The topological polar surface area (TPSA) is 105 Å². The number of rotatable bonds is 7. The first-order valence-electron chi connectivity index (χ1n) is 9.07. The molecule has 1 aromatic heterocycles. The Bertz CT molecular complexity index is 1130. The van der Waals surface area contributed by atoms with Gasteiger partial charge in [0.05, 0.1) is 0 Å². The summed E-state index contributed by atoms with van der Waals surface area (Å²) in [6, 6.07) is 14.4. The van der Waals surface area contributed by atoms with Gasteiger partial charge in [-0.3, -0.25) is 9.78 Å². The third-order valence-corrected chi connectivity index (χ3v) is 6.37. The summed E-state index contributed by atoms with van der Waals surface area (Å²) < 4.78 is 40.1. The number of hydrogen-bond donors (Lipinski definition) is 2. The van der Waals surface area contributed by atoms with Crippen LogP contribution in [0.2, 0.25) is 0 Å². The van der Waals surface area contributed by atoms with Gasteiger partial charge in [0.2, 0.25) is 10.0 Å². The van der Waals surface area contributed by atoms with Gasteiger partial charge in [-0.05, 0) is 42.0 Å². The lowest BCUT2D eigenvalue weighted by molar-refractivity contribution is 0.102. The zero-order valence-corrected chi connectivity index (χ0v) is 19.5. The van der Waals surface area contributed by atoms with Crippen LogP contribution in [-0.4, -0.2) is 37.2 Å². The Labute approximate surface area is 198 Å². The van der Waals surface area contributed by atoms with E-state index in [4.69, 9.17) is 5.73 Å². The third kappa shape index (κ3) is 6.47. The van der Waals surface area contributed by atoms with Crippen LogP contribution in [0.15, 0.2) is 78.0 Å². The molecule has 0 bridgehead atoms. The Morgan fingerprint density at radius 3 is 2.25 bits per heavy atom. The molecule has 7 nitrogen and oxygen atoms in total. The van der Waals surface area contributed by atoms with Crippen LogP contribution in [0.3, 0.4) is 0 Å². The van der Waals surface area contributed by atoms with Gasteiger partial charge in [0.25, 0.3) is 5.91 Å². The fraction of sp³-hybridized carbons (Fsp3) is 0.143. The Hall–Kier alpha value is -2.56. The van der Waals surface area contributed by atoms with Crippen LogP contribution >= 0.6 is 24.8 Å². The largest absolute Gasteiger partial charge is 0.323 e. The summed E-state index contributed by atoms with van der Waals surface area (Å²) in [5, 5.41) is 2.75. The highest BCUT2D eigenvalue weighted by Crippen LogP contribution is 2.21. The second-order valence-electron chi connectivity index (χ2n) is 6.63. The number of likely N-dealkylation sites (N-methyl/N-ethyl adjacent to an activating group) is 1. The predicted octanol–water partition coefficient (Wildman–Crippen LogP) is 3.64. The minimum absolute atomic E-state index is 0. The number of nitrogens with one attached hydrogen (secondary N) is 1. The van der Waals surface area contributed by atoms with Gasteiger partial charge in [-0.1, -0.05) is 24.3 Å². The van der Waals surface area contributed by atoms with Crippen molar-refractivity contribution in [3.05, 3.63) is 90.0 Å². The van der Waals surface area contributed by atoms with Gasteiger partial charge in [-0.25, -0.2) is 12.8 Å². The Balaban J connectivity index is 0.00000256. The van der Waals surface area contributed by atoms with Crippen molar-refractivity contribution in [2.75, 3.05) is 18.9 Å². The molecule has 0 saturated heterocycles. The van der Waals surface area contributed by atoms with Crippen molar-refractivity contribution in [3.63, 3.8) is 0 Å². The molecule has 1 atom stereocenters. The second kappa shape index (κ2) is 11.9. The number of nitrogens with two attached hydrogens (primary N) is 1. The lowest BCUT2D eigenvalue weighted by atomic mass is 10.1. The van der Waals surface area contributed by atoms with Crippen LogP contribution in [0, 0.1) is 5.82 Å². The number of pyridine rings is 1. The molecular weight excluding hydrogens is 478 g/mol. The monoisotopic (exact) mass is 500 g/mol. The Kier molecular flexibility index (Phi) is 10.2. The highest BCUT2D eigenvalue weighted by atomic mass is 35.5. The first-order valence-corrected chi connectivity index (χ1v) is 10.5. The van der Waals surface area contributed by atoms with Crippen LogP contribution in [0.5, 0.6) is 0 Å². The molecule has 1 amide bonds. The fourth-order valence-electron chi connectivity index (χ4n) is 2.82. The van der Waals surface area contributed by atoms with Crippen molar-refractivity contribution in [1.82, 2.24) is 9.29 Å². The molecule has 3 aromatic rings. The molecule has 1 unspecified atom stereocenters. The molecule has 0 radical (unpaired) electrons. The number of benzene rings is 2. The summed E-state index contributed by atoms with van der Waals surface area (Å²) in [4.78, 5) is 15.8. The van der Waals surface area contributed by atoms with Crippen LogP contribution in [0.4, 0.5) is 10.1 Å². The van der Waals surface area contributed by atoms with Crippen LogP contribution in [0.25, 0.3) is 0 Å². The highest BCUT2D eigenvalue weighted by molar-refractivity contribution is 7.89. The van der Waals surface area contributed by atoms with E-state index in [2.05, 4.69) is 10.3 Å². The highest BCUT2D eigenvalue weighted by Gasteiger charge is 2.26. The number of amides is 1. The van der Waals surface area contributed by atoms with Crippen molar-refractivity contribution >= 4 is 46.4 Å². The van der Waals surface area contributed by atoms with E-state index >= 15 is 0 Å². The van der Waals surface area contributed by atoms with Crippen molar-refractivity contribution in [1.29, 1.82) is 0 Å². The fourth-order valence-corrected chi connectivity index (χ4v) is 4.08. The van der Waals surface area contributed by atoms with E-state index in [0.29, 0.717) is 16.8 Å². The average Bonchev–Trinajstić information content (AvgIpc) is 2.74. The molecule has 11 heteroatoms. The SMILES string of the molecule is CN(CC(N)c1ccc(C(=O)Nc2ccncc2)cc1)S(=O)(=O)c1ccccc1F.Cl.Cl. The second-order valence-corrected chi connectivity index (χ2v) is 8.65. The Morgan fingerprint density at radius 1 is 1.06 bits per heavy atom. The molecule has 0 aliphatic rings. The smallest absolute Gasteiger partial charge is 0.255 e. The standard InChI is InChI=1S/C21H21FN4O3S.2ClH/c1-26(30(28,29)20-5-3-2-4-18(20)22)14-19(23)15-6-8-16(9-7-15)21(27)25-17-10-12-24-13-11-17;;/h2-13,19H,14,23H2,1H3,(H,24,25,27);2*1H. The zero-order chi connectivity index (χ0) is 21.7. The molecule has 0 aliphatic carbocycles. The summed E-state index contributed by atoms with van der Waals surface area (Å²) in [7, 11) is -2.67. The number of carbonyl (C=O) groups excluding carboxylic acids is 1. The molecule has 1 heterocycles. The van der Waals surface area contributed by atoms with Gasteiger partial charge in [0.15, 0.2) is 0 Å². The van der Waals surface area contributed by atoms with Gasteiger partial charge >= 0.3 is 0 Å². The number of hydrogen-bond acceptors (Lipinski definition) is 5. The molecule has 0 saturated carbocycles. The van der Waals surface area contributed by atoms with Crippen molar-refractivity contribution in [2.45, 2.75) is 10.9 Å². The predicted molar refractivity (Wildman–Crippen MR) is 126 cm³/mol. The van der Waals surface area contributed by atoms with E-state index in [1.807, 2.05) is 0 Å². The van der Waals surface area contributed by atoms with E-state index in [0.717, 1.165) is 10.4 Å². The van der Waals surface area contributed by atoms with Crippen LogP contribution < -0.4 is 11.1 Å². The maximum Gasteiger partial charge on any atom is 0.255 e. The van der Waals surface area contributed by atoms with Crippen LogP contribution in [-0.2, 0) is 10.0 Å². The van der Waals surface area contributed by atoms with Gasteiger partial charge in [0, 0.05) is 43.3 Å². The summed E-state index contributed by atoms with van der Waals surface area (Å²) in [6.07, 6.45) is 3.15. The van der Waals surface area contributed by atoms with E-state index in [-0.39, 0.29) is 37.3 Å². The summed E-state index contributed by atoms with van der Waals surface area (Å²) in [6.45, 7) is -0.0563. The summed E-state index contributed by atoms with van der Waals surface area (Å²) in [5.41, 5.74) is 7.84. The number of nitrogens with zero attached hydrogens (tertiary/aromatic N) is 2. The lowest BCUT2D eigenvalue weighted by Gasteiger charge is -2.22. The summed E-state index contributed by atoms with van der Waals surface area (Å²) >= 11 is 0. The van der Waals surface area contributed by atoms with Crippen molar-refractivity contribution in [2.24, 2.45) is 5.73 Å². The molecule has 0 aliphatic heterocycles. The molecular formula is C21H23Cl2FN4O3S. The molecule has 3 rings (SSSR count). The molecule has 32 heavy (non-hydrogen) atoms. The number of halogens is 3. The first kappa shape index (κ1) is 27.5.